The topological polar surface area (TPSA) is 137 Å². The quantitative estimate of drug-likeness (QED) is 0.210. The Morgan fingerprint density at radius 1 is 1.25 bits per heavy atom. The SMILES string of the molecule is C=C/C(=C\N=Cc1ccccc1-c1nn[nH]n1)Cc1c(CCCC)nc(C2CC2)n(-c2ncc(OC)cn2)c1=O. The third-order valence-electron chi connectivity index (χ3n) is 6.69. The van der Waals surface area contributed by atoms with E-state index in [0.717, 1.165) is 60.3 Å². The lowest BCUT2D eigenvalue weighted by molar-refractivity contribution is 0.410. The molecule has 0 aliphatic heterocycles. The number of aryl methyl sites for hydroxylation is 1. The second-order valence-electron chi connectivity index (χ2n) is 9.52. The highest BCUT2D eigenvalue weighted by Gasteiger charge is 2.31. The van der Waals surface area contributed by atoms with E-state index in [2.05, 4.69) is 49.1 Å². The van der Waals surface area contributed by atoms with Crippen molar-refractivity contribution in [2.45, 2.75) is 51.4 Å². The molecule has 1 aliphatic rings. The number of allylic oxidation sites excluding steroid dienone is 2. The van der Waals surface area contributed by atoms with Gasteiger partial charge in [0, 0.05) is 41.4 Å². The maximum Gasteiger partial charge on any atom is 0.264 e. The number of hydrogen-bond acceptors (Lipinski definition) is 9. The number of nitrogens with zero attached hydrogens (tertiary/aromatic N) is 8. The third-order valence-corrected chi connectivity index (χ3v) is 6.69. The van der Waals surface area contributed by atoms with Crippen molar-refractivity contribution < 1.29 is 4.74 Å². The molecule has 3 heterocycles. The summed E-state index contributed by atoms with van der Waals surface area (Å²) in [7, 11) is 1.55. The number of methoxy groups -OCH3 is 1. The Balaban J connectivity index is 1.52. The zero-order chi connectivity index (χ0) is 27.9. The Bertz CT molecular complexity index is 1580. The number of benzene rings is 1. The first-order chi connectivity index (χ1) is 19.6. The number of aliphatic imine (C=N–C) groups is 1. The van der Waals surface area contributed by atoms with Crippen LogP contribution in [0.3, 0.4) is 0 Å². The number of tetrazole rings is 1. The summed E-state index contributed by atoms with van der Waals surface area (Å²) in [5.41, 5.74) is 3.68. The molecule has 204 valence electrons. The summed E-state index contributed by atoms with van der Waals surface area (Å²) in [5, 5.41) is 14.3. The average molecular weight is 538 g/mol. The zero-order valence-corrected chi connectivity index (χ0v) is 22.6. The predicted octanol–water partition coefficient (Wildman–Crippen LogP) is 4.16. The number of unbranched alkanes of at least 4 members (excludes halogenated alkanes) is 1. The number of ether oxygens (including phenoxy) is 1. The molecule has 0 spiro atoms. The van der Waals surface area contributed by atoms with Crippen LogP contribution < -0.4 is 10.3 Å². The number of nitrogens with one attached hydrogen (secondary N) is 1. The first kappa shape index (κ1) is 26.8. The minimum absolute atomic E-state index is 0.160. The van der Waals surface area contributed by atoms with E-state index in [0.29, 0.717) is 29.5 Å². The van der Waals surface area contributed by atoms with Crippen LogP contribution in [0.1, 0.15) is 61.2 Å². The second-order valence-corrected chi connectivity index (χ2v) is 9.52. The molecule has 1 saturated carbocycles. The van der Waals surface area contributed by atoms with Crippen molar-refractivity contribution in [2.75, 3.05) is 7.11 Å². The van der Waals surface area contributed by atoms with E-state index in [9.17, 15) is 4.79 Å². The molecule has 1 aromatic carbocycles. The summed E-state index contributed by atoms with van der Waals surface area (Å²) in [5.74, 6) is 2.26. The molecular formula is C29H31N9O2. The fraction of sp³-hybridized carbons (Fsp3) is 0.310. The lowest BCUT2D eigenvalue weighted by Gasteiger charge is -2.16. The van der Waals surface area contributed by atoms with Crippen LogP contribution >= 0.6 is 0 Å². The molecule has 40 heavy (non-hydrogen) atoms. The largest absolute Gasteiger partial charge is 0.494 e. The van der Waals surface area contributed by atoms with Crippen molar-refractivity contribution >= 4 is 6.21 Å². The molecule has 11 nitrogen and oxygen atoms in total. The van der Waals surface area contributed by atoms with Gasteiger partial charge in [0.1, 0.15) is 5.82 Å². The van der Waals surface area contributed by atoms with Crippen LogP contribution in [0.5, 0.6) is 5.75 Å². The summed E-state index contributed by atoms with van der Waals surface area (Å²) in [6.07, 6.45) is 13.3. The van der Waals surface area contributed by atoms with Crippen molar-refractivity contribution in [1.82, 2.24) is 40.1 Å². The Morgan fingerprint density at radius 3 is 2.73 bits per heavy atom. The third kappa shape index (κ3) is 5.93. The Hall–Kier alpha value is -4.80. The van der Waals surface area contributed by atoms with Crippen LogP contribution in [0, 0.1) is 0 Å². The molecule has 0 radical (unpaired) electrons. The zero-order valence-electron chi connectivity index (χ0n) is 22.6. The van der Waals surface area contributed by atoms with Crippen LogP contribution in [-0.2, 0) is 12.8 Å². The van der Waals surface area contributed by atoms with Crippen molar-refractivity contribution in [1.29, 1.82) is 0 Å². The van der Waals surface area contributed by atoms with Gasteiger partial charge in [-0.25, -0.2) is 19.5 Å². The van der Waals surface area contributed by atoms with Crippen LogP contribution in [0.2, 0.25) is 0 Å². The Kier molecular flexibility index (Phi) is 8.29. The summed E-state index contributed by atoms with van der Waals surface area (Å²) < 4.78 is 6.77. The van der Waals surface area contributed by atoms with E-state index in [1.165, 1.54) is 0 Å². The maximum absolute atomic E-state index is 14.1. The van der Waals surface area contributed by atoms with Crippen molar-refractivity contribution in [3.05, 3.63) is 94.1 Å². The van der Waals surface area contributed by atoms with Gasteiger partial charge in [-0.3, -0.25) is 9.79 Å². The van der Waals surface area contributed by atoms with E-state index in [4.69, 9.17) is 9.72 Å². The van der Waals surface area contributed by atoms with Crippen LogP contribution in [0.25, 0.3) is 17.3 Å². The van der Waals surface area contributed by atoms with E-state index in [1.807, 2.05) is 24.3 Å². The Labute approximate surface area is 231 Å². The number of H-pyrrole nitrogens is 1. The van der Waals surface area contributed by atoms with Gasteiger partial charge in [0.05, 0.1) is 25.2 Å². The van der Waals surface area contributed by atoms with Gasteiger partial charge in [0.2, 0.25) is 11.8 Å². The minimum Gasteiger partial charge on any atom is -0.494 e. The van der Waals surface area contributed by atoms with Crippen molar-refractivity contribution in [2.24, 2.45) is 4.99 Å². The second kappa shape index (κ2) is 12.4. The molecule has 0 bridgehead atoms. The van der Waals surface area contributed by atoms with Gasteiger partial charge < -0.3 is 4.74 Å². The van der Waals surface area contributed by atoms with Gasteiger partial charge in [-0.05, 0) is 36.5 Å². The van der Waals surface area contributed by atoms with Gasteiger partial charge >= 0.3 is 0 Å². The molecule has 11 heteroatoms. The number of aromatic amines is 1. The van der Waals surface area contributed by atoms with Crippen LogP contribution in [0.4, 0.5) is 0 Å². The lowest BCUT2D eigenvalue weighted by Crippen LogP contribution is -2.30. The molecule has 0 atom stereocenters. The predicted molar refractivity (Wildman–Crippen MR) is 152 cm³/mol. The molecule has 1 aliphatic carbocycles. The highest BCUT2D eigenvalue weighted by molar-refractivity contribution is 5.89. The molecule has 3 aromatic heterocycles. The molecular weight excluding hydrogens is 506 g/mol. The van der Waals surface area contributed by atoms with E-state index in [1.54, 1.807) is 42.6 Å². The normalized spacial score (nSPS) is 13.6. The molecule has 5 rings (SSSR count). The standard InChI is InChI=1S/C29H31N9O2/c1-4-6-11-25-24(28(39)38(27(33-25)20-12-13-20)29-31-17-22(40-3)18-32-29)14-19(5-2)15-30-16-21-9-7-8-10-23(21)26-34-36-37-35-26/h5,7-10,15-18,20H,2,4,6,11-14H2,1,3H3,(H,34,35,36,37)/b19-15+,30-16?. The summed E-state index contributed by atoms with van der Waals surface area (Å²) in [6, 6.07) is 7.65. The van der Waals surface area contributed by atoms with E-state index in [-0.39, 0.29) is 11.5 Å². The molecule has 0 amide bonds. The van der Waals surface area contributed by atoms with Crippen LogP contribution in [0.15, 0.2) is 70.9 Å². The first-order valence-electron chi connectivity index (χ1n) is 13.3. The number of aromatic nitrogens is 8. The highest BCUT2D eigenvalue weighted by Crippen LogP contribution is 2.39. The molecule has 1 N–H and O–H groups in total. The lowest BCUT2D eigenvalue weighted by atomic mass is 10.0. The molecule has 4 aromatic rings. The minimum atomic E-state index is -0.160. The monoisotopic (exact) mass is 537 g/mol. The van der Waals surface area contributed by atoms with Gasteiger partial charge in [-0.1, -0.05) is 50.3 Å². The maximum atomic E-state index is 14.1. The molecule has 0 saturated heterocycles. The molecule has 0 unspecified atom stereocenters. The fourth-order valence-corrected chi connectivity index (χ4v) is 4.36. The van der Waals surface area contributed by atoms with Crippen LogP contribution in [-0.4, -0.2) is 53.5 Å². The highest BCUT2D eigenvalue weighted by atomic mass is 16.5. The summed E-state index contributed by atoms with van der Waals surface area (Å²) in [6.45, 7) is 6.10. The van der Waals surface area contributed by atoms with Gasteiger partial charge in [-0.2, -0.15) is 5.21 Å². The molecule has 1 fully saturated rings. The summed E-state index contributed by atoms with van der Waals surface area (Å²) >= 11 is 0. The number of hydrogen-bond donors (Lipinski definition) is 1. The van der Waals surface area contributed by atoms with E-state index >= 15 is 0 Å². The van der Waals surface area contributed by atoms with Gasteiger partial charge in [-0.15, -0.1) is 10.2 Å². The van der Waals surface area contributed by atoms with Gasteiger partial charge in [0.25, 0.3) is 5.56 Å². The smallest absolute Gasteiger partial charge is 0.264 e. The first-order valence-corrected chi connectivity index (χ1v) is 13.3. The summed E-state index contributed by atoms with van der Waals surface area (Å²) in [4.78, 5) is 32.5. The van der Waals surface area contributed by atoms with Crippen molar-refractivity contribution in [3.8, 4) is 23.1 Å². The van der Waals surface area contributed by atoms with E-state index < -0.39 is 0 Å². The van der Waals surface area contributed by atoms with Gasteiger partial charge in [0.15, 0.2) is 5.75 Å². The van der Waals surface area contributed by atoms with Crippen molar-refractivity contribution in [3.63, 3.8) is 0 Å². The average Bonchev–Trinajstić information content (AvgIpc) is 3.70. The fourth-order valence-electron chi connectivity index (χ4n) is 4.36. The number of rotatable bonds is 12. The Morgan fingerprint density at radius 2 is 2.05 bits per heavy atom.